The number of hydrogen-bond acceptors (Lipinski definition) is 4. The average Bonchev–Trinajstić information content (AvgIpc) is 3.41. The van der Waals surface area contributed by atoms with Crippen molar-refractivity contribution in [2.75, 3.05) is 19.6 Å². The van der Waals surface area contributed by atoms with Crippen molar-refractivity contribution in [2.24, 2.45) is 5.92 Å². The maximum absolute atomic E-state index is 13.3. The zero-order valence-corrected chi connectivity index (χ0v) is 17.8. The second-order valence-corrected chi connectivity index (χ2v) is 9.35. The Morgan fingerprint density at radius 1 is 1.33 bits per heavy atom. The fourth-order valence-electron chi connectivity index (χ4n) is 5.47. The Hall–Kier alpha value is -2.46. The molecular weight excluding hydrogens is 383 g/mol. The van der Waals surface area contributed by atoms with Crippen molar-refractivity contribution in [3.8, 4) is 6.07 Å². The van der Waals surface area contributed by atoms with Gasteiger partial charge in [-0.1, -0.05) is 19.1 Å². The Morgan fingerprint density at radius 3 is 2.67 bits per heavy atom. The monoisotopic (exact) mass is 412 g/mol. The molecule has 3 aliphatic heterocycles. The van der Waals surface area contributed by atoms with E-state index < -0.39 is 5.54 Å². The Morgan fingerprint density at radius 2 is 2.03 bits per heavy atom. The van der Waals surface area contributed by atoms with E-state index in [-0.39, 0.29) is 41.7 Å². The molecule has 1 aromatic rings. The highest BCUT2D eigenvalue weighted by Gasteiger charge is 2.54. The lowest BCUT2D eigenvalue weighted by Crippen LogP contribution is -2.57. The minimum Gasteiger partial charge on any atom is -0.328 e. The fraction of sp³-hybridized carbons (Fsp3) is 0.609. The van der Waals surface area contributed by atoms with Crippen LogP contribution in [0.1, 0.15) is 45.6 Å². The van der Waals surface area contributed by atoms with E-state index in [2.05, 4.69) is 11.0 Å². The van der Waals surface area contributed by atoms with Crippen LogP contribution < -0.4 is 0 Å². The number of hydrogen-bond donors (Lipinski definition) is 0. The fourth-order valence-corrected chi connectivity index (χ4v) is 5.47. The molecule has 0 aromatic heterocycles. The van der Waals surface area contributed by atoms with Crippen molar-refractivity contribution < 1.29 is 14.0 Å². The summed E-state index contributed by atoms with van der Waals surface area (Å²) in [5, 5.41) is 9.26. The third-order valence-corrected chi connectivity index (χ3v) is 7.04. The number of benzene rings is 1. The highest BCUT2D eigenvalue weighted by molar-refractivity contribution is 5.87. The van der Waals surface area contributed by atoms with Gasteiger partial charge in [0, 0.05) is 31.6 Å². The highest BCUT2D eigenvalue weighted by Crippen LogP contribution is 2.41. The van der Waals surface area contributed by atoms with E-state index in [1.54, 1.807) is 17.0 Å². The lowest BCUT2D eigenvalue weighted by atomic mass is 9.91. The summed E-state index contributed by atoms with van der Waals surface area (Å²) in [7, 11) is 0. The standard InChI is InChI=1S/C23H29FN4O2/c1-15(21(29)27-10-4-5-18(27)12-25)13-26-14-19-11-20(26)22(30)28(19)23(2,3)16-6-8-17(24)9-7-16/h6-9,15,18-20H,4-5,10-11,13-14H2,1-3H3/t15-,18-,19-,20-/m0/s1. The van der Waals surface area contributed by atoms with Gasteiger partial charge in [-0.2, -0.15) is 5.26 Å². The first-order chi connectivity index (χ1) is 14.2. The van der Waals surface area contributed by atoms with Gasteiger partial charge in [0.15, 0.2) is 0 Å². The van der Waals surface area contributed by atoms with Crippen molar-refractivity contribution >= 4 is 11.8 Å². The Balaban J connectivity index is 1.43. The molecule has 6 nitrogen and oxygen atoms in total. The molecule has 2 amide bonds. The lowest BCUT2D eigenvalue weighted by molar-refractivity contribution is -0.145. The van der Waals surface area contributed by atoms with Crippen LogP contribution >= 0.6 is 0 Å². The van der Waals surface area contributed by atoms with E-state index in [9.17, 15) is 19.2 Å². The van der Waals surface area contributed by atoms with Crippen LogP contribution in [0.25, 0.3) is 0 Å². The molecule has 30 heavy (non-hydrogen) atoms. The number of nitrogens with zero attached hydrogens (tertiary/aromatic N) is 4. The zero-order chi connectivity index (χ0) is 21.6. The summed E-state index contributed by atoms with van der Waals surface area (Å²) < 4.78 is 13.3. The number of carbonyl (C=O) groups excluding carboxylic acids is 2. The first-order valence-electron chi connectivity index (χ1n) is 10.8. The molecule has 7 heteroatoms. The molecule has 2 bridgehead atoms. The maximum atomic E-state index is 13.3. The van der Waals surface area contributed by atoms with Crippen molar-refractivity contribution in [1.29, 1.82) is 5.26 Å². The van der Waals surface area contributed by atoms with Crippen LogP contribution in [0.3, 0.4) is 0 Å². The van der Waals surface area contributed by atoms with Crippen LogP contribution in [-0.2, 0) is 15.1 Å². The number of nitriles is 1. The number of amides is 2. The summed E-state index contributed by atoms with van der Waals surface area (Å²) in [4.78, 5) is 31.9. The van der Waals surface area contributed by atoms with Gasteiger partial charge in [-0.05, 0) is 50.8 Å². The van der Waals surface area contributed by atoms with Gasteiger partial charge < -0.3 is 9.80 Å². The lowest BCUT2D eigenvalue weighted by Gasteiger charge is -2.44. The maximum Gasteiger partial charge on any atom is 0.241 e. The van der Waals surface area contributed by atoms with Gasteiger partial charge in [-0.15, -0.1) is 0 Å². The predicted octanol–water partition coefficient (Wildman–Crippen LogP) is 2.50. The molecule has 160 valence electrons. The van der Waals surface area contributed by atoms with Gasteiger partial charge in [0.2, 0.25) is 11.8 Å². The van der Waals surface area contributed by atoms with Gasteiger partial charge in [0.25, 0.3) is 0 Å². The van der Waals surface area contributed by atoms with Crippen molar-refractivity contribution in [3.05, 3.63) is 35.6 Å². The van der Waals surface area contributed by atoms with E-state index in [4.69, 9.17) is 0 Å². The number of halogens is 1. The number of likely N-dealkylation sites (tertiary alicyclic amines) is 3. The first kappa shape index (κ1) is 20.8. The molecule has 3 heterocycles. The molecule has 3 saturated heterocycles. The van der Waals surface area contributed by atoms with E-state index >= 15 is 0 Å². The summed E-state index contributed by atoms with van der Waals surface area (Å²) in [6, 6.07) is 8.14. The molecule has 0 unspecified atom stereocenters. The number of carbonyl (C=O) groups is 2. The highest BCUT2D eigenvalue weighted by atomic mass is 19.1. The molecular formula is C23H29FN4O2. The minimum absolute atomic E-state index is 0.0118. The molecule has 4 rings (SSSR count). The normalized spacial score (nSPS) is 27.6. The van der Waals surface area contributed by atoms with Gasteiger partial charge in [0.1, 0.15) is 11.9 Å². The Labute approximate surface area is 177 Å². The molecule has 1 aromatic carbocycles. The van der Waals surface area contributed by atoms with Crippen molar-refractivity contribution in [3.63, 3.8) is 0 Å². The topological polar surface area (TPSA) is 67.7 Å². The molecule has 0 saturated carbocycles. The summed E-state index contributed by atoms with van der Waals surface area (Å²) in [5.41, 5.74) is 0.393. The molecule has 3 aliphatic rings. The SMILES string of the molecule is C[C@@H](CN1C[C@@H]2C[C@H]1C(=O)N2C(C)(C)c1ccc(F)cc1)C(=O)N1CCC[C@H]1C#N. The molecule has 4 atom stereocenters. The third-order valence-electron chi connectivity index (χ3n) is 7.04. The Kier molecular flexibility index (Phi) is 5.31. The largest absolute Gasteiger partial charge is 0.328 e. The van der Waals surface area contributed by atoms with Crippen molar-refractivity contribution in [1.82, 2.24) is 14.7 Å². The van der Waals surface area contributed by atoms with E-state index in [1.807, 2.05) is 25.7 Å². The zero-order valence-electron chi connectivity index (χ0n) is 17.8. The second-order valence-electron chi connectivity index (χ2n) is 9.35. The van der Waals surface area contributed by atoms with Crippen LogP contribution in [0.15, 0.2) is 24.3 Å². The summed E-state index contributed by atoms with van der Waals surface area (Å²) in [6.07, 6.45) is 2.38. The van der Waals surface area contributed by atoms with Crippen LogP contribution in [0.5, 0.6) is 0 Å². The molecule has 0 radical (unpaired) electrons. The van der Waals surface area contributed by atoms with Crippen LogP contribution in [-0.4, -0.2) is 64.3 Å². The minimum atomic E-state index is -0.521. The summed E-state index contributed by atoms with van der Waals surface area (Å²) in [5.74, 6) is -0.441. The molecule has 3 fully saturated rings. The smallest absolute Gasteiger partial charge is 0.241 e. The van der Waals surface area contributed by atoms with Crippen LogP contribution in [0.2, 0.25) is 0 Å². The van der Waals surface area contributed by atoms with Crippen LogP contribution in [0, 0.1) is 23.1 Å². The molecule has 0 N–H and O–H groups in total. The number of fused-ring (bicyclic) bond motifs is 2. The van der Waals surface area contributed by atoms with Gasteiger partial charge in [-0.25, -0.2) is 4.39 Å². The van der Waals surface area contributed by atoms with Gasteiger partial charge in [0.05, 0.1) is 17.6 Å². The summed E-state index contributed by atoms with van der Waals surface area (Å²) in [6.45, 7) is 7.82. The van der Waals surface area contributed by atoms with E-state index in [0.717, 1.165) is 31.4 Å². The van der Waals surface area contributed by atoms with Gasteiger partial charge >= 0.3 is 0 Å². The first-order valence-corrected chi connectivity index (χ1v) is 10.8. The Bertz CT molecular complexity index is 878. The third kappa shape index (κ3) is 3.37. The number of rotatable bonds is 5. The van der Waals surface area contributed by atoms with E-state index in [1.165, 1.54) is 12.1 Å². The predicted molar refractivity (Wildman–Crippen MR) is 110 cm³/mol. The number of piperazine rings is 1. The summed E-state index contributed by atoms with van der Waals surface area (Å²) >= 11 is 0. The van der Waals surface area contributed by atoms with Gasteiger partial charge in [-0.3, -0.25) is 14.5 Å². The van der Waals surface area contributed by atoms with Crippen LogP contribution in [0.4, 0.5) is 4.39 Å². The quantitative estimate of drug-likeness (QED) is 0.745. The second kappa shape index (κ2) is 7.66. The van der Waals surface area contributed by atoms with E-state index in [0.29, 0.717) is 13.1 Å². The van der Waals surface area contributed by atoms with Crippen molar-refractivity contribution in [2.45, 2.75) is 63.7 Å². The molecule has 0 spiro atoms. The molecule has 0 aliphatic carbocycles. The average molecular weight is 413 g/mol.